The van der Waals surface area contributed by atoms with Gasteiger partial charge in [0.15, 0.2) is 0 Å². The van der Waals surface area contributed by atoms with E-state index in [2.05, 4.69) is 10.0 Å². The number of imide groups is 1. The monoisotopic (exact) mass is 479 g/mol. The molecule has 0 spiro atoms. The summed E-state index contributed by atoms with van der Waals surface area (Å²) in [6.45, 7) is 0.306. The smallest absolute Gasteiger partial charge is 0.261 e. The normalized spacial score (nSPS) is 15.9. The Balaban J connectivity index is 1.42. The lowest BCUT2D eigenvalue weighted by molar-refractivity contribution is -0.138. The fraction of sp³-hybridized carbons (Fsp3) is 0.200. The molecule has 0 aromatic heterocycles. The van der Waals surface area contributed by atoms with Crippen molar-refractivity contribution in [3.63, 3.8) is 0 Å². The second-order valence-corrected chi connectivity index (χ2v) is 9.56. The Morgan fingerprint density at radius 2 is 1.68 bits per heavy atom. The molecule has 4 rings (SSSR count). The molecule has 1 aliphatic heterocycles. The number of sulfonamides is 1. The van der Waals surface area contributed by atoms with Crippen LogP contribution in [0.15, 0.2) is 83.8 Å². The van der Waals surface area contributed by atoms with Crippen LogP contribution in [0, 0.1) is 0 Å². The van der Waals surface area contributed by atoms with Gasteiger partial charge in [0.2, 0.25) is 5.91 Å². The van der Waals surface area contributed by atoms with Gasteiger partial charge in [-0.3, -0.25) is 19.2 Å². The SMILES string of the molecule is COc1ccc(NS(=O)(=O)c2cccc(N[C@@H]3CC(=O)N(CCc4ccccc4)C3=O)c2)cc1. The first-order chi connectivity index (χ1) is 16.4. The lowest BCUT2D eigenvalue weighted by Gasteiger charge is -2.16. The molecule has 0 radical (unpaired) electrons. The number of methoxy groups -OCH3 is 1. The maximum Gasteiger partial charge on any atom is 0.261 e. The summed E-state index contributed by atoms with van der Waals surface area (Å²) in [7, 11) is -2.33. The third-order valence-corrected chi connectivity index (χ3v) is 6.92. The molecule has 1 fully saturated rings. The zero-order valence-electron chi connectivity index (χ0n) is 18.6. The molecule has 176 valence electrons. The summed E-state index contributed by atoms with van der Waals surface area (Å²) in [5, 5.41) is 3.02. The van der Waals surface area contributed by atoms with E-state index >= 15 is 0 Å². The van der Waals surface area contributed by atoms with E-state index in [0.717, 1.165) is 5.56 Å². The number of rotatable bonds is 9. The third-order valence-electron chi connectivity index (χ3n) is 5.54. The standard InChI is InChI=1S/C25H25N3O5S/c1-33-21-12-10-19(11-13-21)27-34(31,32)22-9-5-8-20(16-22)26-23-17-24(29)28(25(23)30)15-14-18-6-3-2-4-7-18/h2-13,16,23,26-27H,14-15,17H2,1H3/t23-/m1/s1. The largest absolute Gasteiger partial charge is 0.497 e. The van der Waals surface area contributed by atoms with Gasteiger partial charge in [0.25, 0.3) is 15.9 Å². The molecule has 8 nitrogen and oxygen atoms in total. The van der Waals surface area contributed by atoms with Gasteiger partial charge < -0.3 is 10.1 Å². The highest BCUT2D eigenvalue weighted by Gasteiger charge is 2.38. The summed E-state index contributed by atoms with van der Waals surface area (Å²) in [4.78, 5) is 26.5. The van der Waals surface area contributed by atoms with Crippen LogP contribution in [-0.2, 0) is 26.0 Å². The molecule has 3 aromatic rings. The Morgan fingerprint density at radius 1 is 0.941 bits per heavy atom. The van der Waals surface area contributed by atoms with E-state index in [0.29, 0.717) is 30.1 Å². The quantitative estimate of drug-likeness (QED) is 0.457. The maximum atomic E-state index is 12.8. The maximum absolute atomic E-state index is 12.8. The number of benzene rings is 3. The van der Waals surface area contributed by atoms with Crippen LogP contribution < -0.4 is 14.8 Å². The molecule has 3 aromatic carbocycles. The van der Waals surface area contributed by atoms with E-state index in [-0.39, 0.29) is 23.1 Å². The number of likely N-dealkylation sites (tertiary alicyclic amines) is 1. The van der Waals surface area contributed by atoms with Crippen molar-refractivity contribution in [1.29, 1.82) is 0 Å². The topological polar surface area (TPSA) is 105 Å². The average Bonchev–Trinajstić information content (AvgIpc) is 3.10. The molecule has 0 bridgehead atoms. The van der Waals surface area contributed by atoms with E-state index in [1.54, 1.807) is 36.4 Å². The van der Waals surface area contributed by atoms with Gasteiger partial charge in [-0.05, 0) is 54.4 Å². The molecule has 1 aliphatic rings. The lowest BCUT2D eigenvalue weighted by atomic mass is 10.1. The molecule has 9 heteroatoms. The van der Waals surface area contributed by atoms with Gasteiger partial charge in [-0.15, -0.1) is 0 Å². The summed E-state index contributed by atoms with van der Waals surface area (Å²) in [5.41, 5.74) is 1.88. The number of ether oxygens (including phenoxy) is 1. The number of carbonyl (C=O) groups is 2. The van der Waals surface area contributed by atoms with Crippen molar-refractivity contribution in [2.45, 2.75) is 23.8 Å². The zero-order chi connectivity index (χ0) is 24.1. The highest BCUT2D eigenvalue weighted by Crippen LogP contribution is 2.24. The Bertz CT molecular complexity index is 1280. The zero-order valence-corrected chi connectivity index (χ0v) is 19.4. The van der Waals surface area contributed by atoms with E-state index in [4.69, 9.17) is 4.74 Å². The average molecular weight is 480 g/mol. The minimum absolute atomic E-state index is 0.0225. The molecular formula is C25H25N3O5S. The minimum atomic E-state index is -3.86. The number of hydrogen-bond acceptors (Lipinski definition) is 6. The van der Waals surface area contributed by atoms with Gasteiger partial charge in [0, 0.05) is 17.9 Å². The van der Waals surface area contributed by atoms with Crippen LogP contribution in [0.2, 0.25) is 0 Å². The first-order valence-corrected chi connectivity index (χ1v) is 12.3. The number of anilines is 2. The lowest BCUT2D eigenvalue weighted by Crippen LogP contribution is -2.36. The Kier molecular flexibility index (Phi) is 6.83. The van der Waals surface area contributed by atoms with Crippen LogP contribution in [0.1, 0.15) is 12.0 Å². The van der Waals surface area contributed by atoms with Gasteiger partial charge in [0.05, 0.1) is 18.4 Å². The molecule has 2 N–H and O–H groups in total. The van der Waals surface area contributed by atoms with Gasteiger partial charge in [0.1, 0.15) is 11.8 Å². The van der Waals surface area contributed by atoms with Gasteiger partial charge >= 0.3 is 0 Å². The second-order valence-electron chi connectivity index (χ2n) is 7.88. The van der Waals surface area contributed by atoms with Crippen LogP contribution in [0.3, 0.4) is 0 Å². The van der Waals surface area contributed by atoms with E-state index in [9.17, 15) is 18.0 Å². The van der Waals surface area contributed by atoms with Gasteiger partial charge in [-0.1, -0.05) is 36.4 Å². The molecule has 34 heavy (non-hydrogen) atoms. The highest BCUT2D eigenvalue weighted by atomic mass is 32.2. The third kappa shape index (κ3) is 5.37. The van der Waals surface area contributed by atoms with Crippen molar-refractivity contribution in [3.05, 3.63) is 84.4 Å². The van der Waals surface area contributed by atoms with Crippen LogP contribution >= 0.6 is 0 Å². The number of nitrogens with one attached hydrogen (secondary N) is 2. The minimum Gasteiger partial charge on any atom is -0.497 e. The fourth-order valence-electron chi connectivity index (χ4n) is 3.74. The van der Waals surface area contributed by atoms with Crippen molar-refractivity contribution >= 4 is 33.2 Å². The van der Waals surface area contributed by atoms with Crippen molar-refractivity contribution in [2.75, 3.05) is 23.7 Å². The van der Waals surface area contributed by atoms with Crippen molar-refractivity contribution in [1.82, 2.24) is 4.90 Å². The predicted octanol–water partition coefficient (Wildman–Crippen LogP) is 3.28. The first-order valence-electron chi connectivity index (χ1n) is 10.8. The number of amides is 2. The Hall–Kier alpha value is -3.85. The summed E-state index contributed by atoms with van der Waals surface area (Å²) in [6.07, 6.45) is 0.602. The second kappa shape index (κ2) is 9.96. The van der Waals surface area contributed by atoms with Crippen molar-refractivity contribution in [3.8, 4) is 5.75 Å². The number of nitrogens with zero attached hydrogens (tertiary/aromatic N) is 1. The van der Waals surface area contributed by atoms with Crippen molar-refractivity contribution < 1.29 is 22.7 Å². The van der Waals surface area contributed by atoms with Crippen LogP contribution in [0.4, 0.5) is 11.4 Å². The molecule has 0 unspecified atom stereocenters. The summed E-state index contributed by atoms with van der Waals surface area (Å²) in [5.74, 6) is 0.0525. The van der Waals surface area contributed by atoms with Crippen LogP contribution in [-0.4, -0.2) is 44.8 Å². The molecule has 1 saturated heterocycles. The molecule has 1 heterocycles. The highest BCUT2D eigenvalue weighted by molar-refractivity contribution is 7.92. The fourth-order valence-corrected chi connectivity index (χ4v) is 4.85. The molecule has 0 saturated carbocycles. The van der Waals surface area contributed by atoms with E-state index in [1.165, 1.54) is 24.1 Å². The number of carbonyl (C=O) groups excluding carboxylic acids is 2. The van der Waals surface area contributed by atoms with E-state index in [1.807, 2.05) is 30.3 Å². The Morgan fingerprint density at radius 3 is 2.38 bits per heavy atom. The van der Waals surface area contributed by atoms with Crippen LogP contribution in [0.5, 0.6) is 5.75 Å². The predicted molar refractivity (Wildman–Crippen MR) is 129 cm³/mol. The number of hydrogen-bond donors (Lipinski definition) is 2. The van der Waals surface area contributed by atoms with Gasteiger partial charge in [-0.2, -0.15) is 0 Å². The summed E-state index contributed by atoms with van der Waals surface area (Å²) >= 11 is 0. The summed E-state index contributed by atoms with van der Waals surface area (Å²) < 4.78 is 33.3. The molecule has 1 atom stereocenters. The van der Waals surface area contributed by atoms with E-state index < -0.39 is 16.1 Å². The molecule has 2 amide bonds. The summed E-state index contributed by atoms with van der Waals surface area (Å²) in [6, 6.07) is 21.6. The first kappa shape index (κ1) is 23.3. The molecular weight excluding hydrogens is 454 g/mol. The van der Waals surface area contributed by atoms with Crippen LogP contribution in [0.25, 0.3) is 0 Å². The van der Waals surface area contributed by atoms with Crippen molar-refractivity contribution in [2.24, 2.45) is 0 Å². The molecule has 0 aliphatic carbocycles. The van der Waals surface area contributed by atoms with Gasteiger partial charge in [-0.25, -0.2) is 8.42 Å². The Labute approximate surface area is 198 Å².